The molecule has 3 rings (SSSR count). The summed E-state index contributed by atoms with van der Waals surface area (Å²) in [5.74, 6) is 0.714. The monoisotopic (exact) mass is 274 g/mol. The van der Waals surface area contributed by atoms with Crippen molar-refractivity contribution in [2.24, 2.45) is 0 Å². The van der Waals surface area contributed by atoms with Gasteiger partial charge in [-0.1, -0.05) is 0 Å². The quantitative estimate of drug-likeness (QED) is 0.782. The molecule has 20 heavy (non-hydrogen) atoms. The summed E-state index contributed by atoms with van der Waals surface area (Å²) in [6, 6.07) is 5.60. The van der Waals surface area contributed by atoms with Crippen LogP contribution in [-0.2, 0) is 9.53 Å². The molecule has 6 heteroatoms. The van der Waals surface area contributed by atoms with Crippen molar-refractivity contribution in [3.63, 3.8) is 0 Å². The SMILES string of the molecule is Cc1nc2ccc(NC(=O)COC3(C)CNC3)cc2[nH]1. The second kappa shape index (κ2) is 4.88. The number of hydrogen-bond donors (Lipinski definition) is 3. The van der Waals surface area contributed by atoms with Crippen LogP contribution in [0.25, 0.3) is 11.0 Å². The summed E-state index contributed by atoms with van der Waals surface area (Å²) in [4.78, 5) is 19.3. The molecule has 0 atom stereocenters. The fourth-order valence-electron chi connectivity index (χ4n) is 2.23. The molecule has 1 fully saturated rings. The van der Waals surface area contributed by atoms with Gasteiger partial charge >= 0.3 is 0 Å². The van der Waals surface area contributed by atoms with Gasteiger partial charge in [0.05, 0.1) is 16.6 Å². The molecule has 1 aromatic heterocycles. The summed E-state index contributed by atoms with van der Waals surface area (Å²) in [7, 11) is 0. The fourth-order valence-corrected chi connectivity index (χ4v) is 2.23. The van der Waals surface area contributed by atoms with Crippen molar-refractivity contribution >= 4 is 22.6 Å². The van der Waals surface area contributed by atoms with Crippen LogP contribution in [0, 0.1) is 6.92 Å². The number of rotatable bonds is 4. The summed E-state index contributed by atoms with van der Waals surface area (Å²) < 4.78 is 5.60. The van der Waals surface area contributed by atoms with E-state index in [2.05, 4.69) is 20.6 Å². The molecule has 0 saturated carbocycles. The zero-order valence-corrected chi connectivity index (χ0v) is 11.6. The predicted octanol–water partition coefficient (Wildman–Crippen LogP) is 1.19. The number of nitrogens with one attached hydrogen (secondary N) is 3. The van der Waals surface area contributed by atoms with Gasteiger partial charge in [0.1, 0.15) is 12.4 Å². The zero-order chi connectivity index (χ0) is 14.2. The topological polar surface area (TPSA) is 79.0 Å². The first-order valence-electron chi connectivity index (χ1n) is 6.65. The fraction of sp³-hybridized carbons (Fsp3) is 0.429. The Labute approximate surface area is 116 Å². The maximum Gasteiger partial charge on any atom is 0.250 e. The number of aromatic nitrogens is 2. The van der Waals surface area contributed by atoms with Crippen LogP contribution in [0.4, 0.5) is 5.69 Å². The van der Waals surface area contributed by atoms with Gasteiger partial charge in [0.15, 0.2) is 0 Å². The highest BCUT2D eigenvalue weighted by Gasteiger charge is 2.32. The zero-order valence-electron chi connectivity index (χ0n) is 11.6. The Balaban J connectivity index is 1.61. The number of benzene rings is 1. The van der Waals surface area contributed by atoms with Crippen LogP contribution in [0.3, 0.4) is 0 Å². The number of ether oxygens (including phenoxy) is 1. The number of imidazole rings is 1. The Bertz CT molecular complexity index is 646. The lowest BCUT2D eigenvalue weighted by Gasteiger charge is -2.38. The smallest absolute Gasteiger partial charge is 0.250 e. The van der Waals surface area contributed by atoms with Crippen molar-refractivity contribution in [3.05, 3.63) is 24.0 Å². The molecule has 2 heterocycles. The van der Waals surface area contributed by atoms with E-state index >= 15 is 0 Å². The van der Waals surface area contributed by atoms with Crippen molar-refractivity contribution in [2.75, 3.05) is 25.0 Å². The van der Waals surface area contributed by atoms with Gasteiger partial charge in [-0.15, -0.1) is 0 Å². The Kier molecular flexibility index (Phi) is 3.19. The van der Waals surface area contributed by atoms with Crippen molar-refractivity contribution in [1.82, 2.24) is 15.3 Å². The Hall–Kier alpha value is -1.92. The van der Waals surface area contributed by atoms with Crippen LogP contribution >= 0.6 is 0 Å². The third kappa shape index (κ3) is 2.66. The molecule has 1 saturated heterocycles. The lowest BCUT2D eigenvalue weighted by Crippen LogP contribution is -2.59. The van der Waals surface area contributed by atoms with E-state index < -0.39 is 0 Å². The first kappa shape index (κ1) is 13.1. The lowest BCUT2D eigenvalue weighted by molar-refractivity contribution is -0.130. The average Bonchev–Trinajstić information content (AvgIpc) is 2.73. The predicted molar refractivity (Wildman–Crippen MR) is 76.7 cm³/mol. The number of H-pyrrole nitrogens is 1. The number of aryl methyl sites for hydroxylation is 1. The molecular formula is C14H18N4O2. The molecule has 6 nitrogen and oxygen atoms in total. The molecule has 1 aliphatic rings. The van der Waals surface area contributed by atoms with Crippen LogP contribution in [0.1, 0.15) is 12.7 Å². The molecule has 0 aliphatic carbocycles. The number of aromatic amines is 1. The molecule has 106 valence electrons. The number of nitrogens with zero attached hydrogens (tertiary/aromatic N) is 1. The summed E-state index contributed by atoms with van der Waals surface area (Å²) >= 11 is 0. The lowest BCUT2D eigenvalue weighted by atomic mass is 10.0. The van der Waals surface area contributed by atoms with E-state index in [1.165, 1.54) is 0 Å². The number of anilines is 1. The van der Waals surface area contributed by atoms with Crippen molar-refractivity contribution in [3.8, 4) is 0 Å². The molecule has 1 amide bonds. The summed E-state index contributed by atoms with van der Waals surface area (Å²) in [5.41, 5.74) is 2.34. The minimum atomic E-state index is -0.207. The van der Waals surface area contributed by atoms with Gasteiger partial charge in [-0.3, -0.25) is 4.79 Å². The largest absolute Gasteiger partial charge is 0.363 e. The standard InChI is InChI=1S/C14H18N4O2/c1-9-16-11-4-3-10(5-12(11)17-9)18-13(19)6-20-14(2)7-15-8-14/h3-5,15H,6-8H2,1-2H3,(H,16,17)(H,18,19). The van der Waals surface area contributed by atoms with Gasteiger partial charge in [0, 0.05) is 18.8 Å². The summed E-state index contributed by atoms with van der Waals surface area (Å²) in [6.07, 6.45) is 0. The van der Waals surface area contributed by atoms with Crippen LogP contribution in [0.2, 0.25) is 0 Å². The molecule has 0 spiro atoms. The molecular weight excluding hydrogens is 256 g/mol. The van der Waals surface area contributed by atoms with E-state index in [9.17, 15) is 4.79 Å². The van der Waals surface area contributed by atoms with Crippen LogP contribution in [0.15, 0.2) is 18.2 Å². The van der Waals surface area contributed by atoms with Gasteiger partial charge < -0.3 is 20.4 Å². The highest BCUT2D eigenvalue weighted by atomic mass is 16.5. The highest BCUT2D eigenvalue weighted by Crippen LogP contribution is 2.18. The first-order chi connectivity index (χ1) is 9.54. The van der Waals surface area contributed by atoms with Crippen LogP contribution < -0.4 is 10.6 Å². The van der Waals surface area contributed by atoms with Gasteiger partial charge in [0.2, 0.25) is 5.91 Å². The normalized spacial score (nSPS) is 16.9. The molecule has 2 aromatic rings. The molecule has 1 aromatic carbocycles. The number of carbonyl (C=O) groups excluding carboxylic acids is 1. The number of hydrogen-bond acceptors (Lipinski definition) is 4. The molecule has 3 N–H and O–H groups in total. The number of fused-ring (bicyclic) bond motifs is 1. The van der Waals surface area contributed by atoms with Crippen LogP contribution in [0.5, 0.6) is 0 Å². The average molecular weight is 274 g/mol. The number of amides is 1. The van der Waals surface area contributed by atoms with Gasteiger partial charge in [0.25, 0.3) is 0 Å². The van der Waals surface area contributed by atoms with Gasteiger partial charge in [-0.25, -0.2) is 4.98 Å². The summed E-state index contributed by atoms with van der Waals surface area (Å²) in [6.45, 7) is 5.55. The van der Waals surface area contributed by atoms with Gasteiger partial charge in [-0.05, 0) is 32.0 Å². The van der Waals surface area contributed by atoms with E-state index in [0.717, 1.165) is 35.6 Å². The number of carbonyl (C=O) groups is 1. The molecule has 0 unspecified atom stereocenters. The highest BCUT2D eigenvalue weighted by molar-refractivity contribution is 5.93. The third-order valence-electron chi connectivity index (χ3n) is 3.43. The Morgan fingerprint density at radius 1 is 1.50 bits per heavy atom. The molecule has 1 aliphatic heterocycles. The maximum atomic E-state index is 11.9. The molecule has 0 radical (unpaired) electrons. The minimum absolute atomic E-state index is 0.0677. The second-order valence-electron chi connectivity index (χ2n) is 5.44. The maximum absolute atomic E-state index is 11.9. The van der Waals surface area contributed by atoms with Crippen molar-refractivity contribution < 1.29 is 9.53 Å². The van der Waals surface area contributed by atoms with Crippen molar-refractivity contribution in [1.29, 1.82) is 0 Å². The van der Waals surface area contributed by atoms with E-state index in [4.69, 9.17) is 4.74 Å². The third-order valence-corrected chi connectivity index (χ3v) is 3.43. The Morgan fingerprint density at radius 3 is 3.00 bits per heavy atom. The first-order valence-corrected chi connectivity index (χ1v) is 6.65. The van der Waals surface area contributed by atoms with E-state index in [0.29, 0.717) is 0 Å². The minimum Gasteiger partial charge on any atom is -0.363 e. The van der Waals surface area contributed by atoms with E-state index in [1.54, 1.807) is 0 Å². The second-order valence-corrected chi connectivity index (χ2v) is 5.44. The van der Waals surface area contributed by atoms with Crippen LogP contribution in [-0.4, -0.2) is 41.2 Å². The van der Waals surface area contributed by atoms with Gasteiger partial charge in [-0.2, -0.15) is 0 Å². The molecule has 0 bridgehead atoms. The van der Waals surface area contributed by atoms with E-state index in [1.807, 2.05) is 32.0 Å². The van der Waals surface area contributed by atoms with E-state index in [-0.39, 0.29) is 18.1 Å². The van der Waals surface area contributed by atoms with Crippen molar-refractivity contribution in [2.45, 2.75) is 19.4 Å². The Morgan fingerprint density at radius 2 is 2.30 bits per heavy atom. The summed E-state index contributed by atoms with van der Waals surface area (Å²) in [5, 5.41) is 5.96.